The van der Waals surface area contributed by atoms with E-state index < -0.39 is 0 Å². The van der Waals surface area contributed by atoms with Crippen LogP contribution in [0.25, 0.3) is 5.69 Å². The number of ether oxygens (including phenoxy) is 1. The average Bonchev–Trinajstić information content (AvgIpc) is 3.27. The largest absolute Gasteiger partial charge is 0.466 e. The van der Waals surface area contributed by atoms with Crippen molar-refractivity contribution in [1.29, 1.82) is 0 Å². The molecule has 1 N–H and O–H groups in total. The number of thiazole rings is 1. The standard InChI is InChI=1S/C18H19N5O3S2/c1-3-26-16(25)9-13-10-27-17(19-13)20-15(24)11-28-18-22-21-12(2)23(18)14-7-5-4-6-8-14/h4-8,10H,3,9,11H2,1-2H3,(H,19,20,24). The van der Waals surface area contributed by atoms with E-state index in [2.05, 4.69) is 20.5 Å². The van der Waals surface area contributed by atoms with Crippen molar-refractivity contribution in [1.82, 2.24) is 19.7 Å². The number of amides is 1. The van der Waals surface area contributed by atoms with Gasteiger partial charge in [0.1, 0.15) is 5.82 Å². The smallest absolute Gasteiger partial charge is 0.311 e. The van der Waals surface area contributed by atoms with Crippen LogP contribution in [0, 0.1) is 6.92 Å². The van der Waals surface area contributed by atoms with Crippen LogP contribution in [0.15, 0.2) is 40.9 Å². The van der Waals surface area contributed by atoms with Crippen LogP contribution >= 0.6 is 23.1 Å². The molecular formula is C18H19N5O3S2. The number of rotatable bonds is 8. The number of carbonyl (C=O) groups excluding carboxylic acids is 2. The fourth-order valence-corrected chi connectivity index (χ4v) is 3.93. The van der Waals surface area contributed by atoms with Crippen LogP contribution in [0.2, 0.25) is 0 Å². The Hall–Kier alpha value is -2.72. The molecule has 0 saturated carbocycles. The second kappa shape index (κ2) is 9.47. The molecule has 0 aliphatic rings. The number of anilines is 1. The molecule has 1 amide bonds. The van der Waals surface area contributed by atoms with E-state index in [0.717, 1.165) is 11.5 Å². The van der Waals surface area contributed by atoms with Gasteiger partial charge in [-0.25, -0.2) is 4.98 Å². The van der Waals surface area contributed by atoms with Crippen molar-refractivity contribution in [3.05, 3.63) is 47.2 Å². The fraction of sp³-hybridized carbons (Fsp3) is 0.278. The molecule has 146 valence electrons. The van der Waals surface area contributed by atoms with E-state index in [1.807, 2.05) is 41.8 Å². The zero-order valence-electron chi connectivity index (χ0n) is 15.4. The summed E-state index contributed by atoms with van der Waals surface area (Å²) in [5, 5.41) is 13.8. The molecule has 10 heteroatoms. The maximum absolute atomic E-state index is 12.3. The quantitative estimate of drug-likeness (QED) is 0.444. The molecule has 8 nitrogen and oxygen atoms in total. The zero-order chi connectivity index (χ0) is 19.9. The van der Waals surface area contributed by atoms with Gasteiger partial charge in [0.25, 0.3) is 0 Å². The van der Waals surface area contributed by atoms with Gasteiger partial charge in [0, 0.05) is 11.1 Å². The van der Waals surface area contributed by atoms with Gasteiger partial charge in [-0.15, -0.1) is 21.5 Å². The third kappa shape index (κ3) is 5.17. The number of hydrogen-bond acceptors (Lipinski definition) is 8. The lowest BCUT2D eigenvalue weighted by molar-refractivity contribution is -0.142. The Morgan fingerprint density at radius 1 is 1.25 bits per heavy atom. The summed E-state index contributed by atoms with van der Waals surface area (Å²) in [6, 6.07) is 9.73. The Balaban J connectivity index is 1.57. The van der Waals surface area contributed by atoms with Crippen LogP contribution in [0.4, 0.5) is 5.13 Å². The minimum absolute atomic E-state index is 0.0917. The summed E-state index contributed by atoms with van der Waals surface area (Å²) in [5.41, 5.74) is 1.52. The third-order valence-corrected chi connectivity index (χ3v) is 5.31. The molecule has 0 fully saturated rings. The summed E-state index contributed by atoms with van der Waals surface area (Å²) >= 11 is 2.56. The first-order chi connectivity index (χ1) is 13.6. The first-order valence-corrected chi connectivity index (χ1v) is 10.4. The molecule has 0 radical (unpaired) electrons. The van der Waals surface area contributed by atoms with E-state index in [9.17, 15) is 9.59 Å². The second-order valence-electron chi connectivity index (χ2n) is 5.66. The molecule has 0 aliphatic carbocycles. The Bertz CT molecular complexity index is 955. The van der Waals surface area contributed by atoms with Crippen molar-refractivity contribution < 1.29 is 14.3 Å². The number of thioether (sulfide) groups is 1. The molecule has 1 aromatic carbocycles. The van der Waals surface area contributed by atoms with Crippen molar-refractivity contribution in [3.8, 4) is 5.69 Å². The van der Waals surface area contributed by atoms with Crippen LogP contribution in [0.5, 0.6) is 0 Å². The maximum atomic E-state index is 12.3. The summed E-state index contributed by atoms with van der Waals surface area (Å²) < 4.78 is 6.79. The molecule has 0 spiro atoms. The van der Waals surface area contributed by atoms with Gasteiger partial charge in [0.05, 0.1) is 24.5 Å². The summed E-state index contributed by atoms with van der Waals surface area (Å²) in [5.74, 6) is 0.370. The normalized spacial score (nSPS) is 10.6. The molecule has 3 rings (SSSR count). The monoisotopic (exact) mass is 417 g/mol. The minimum Gasteiger partial charge on any atom is -0.466 e. The molecule has 3 aromatic rings. The van der Waals surface area contributed by atoms with Crippen LogP contribution < -0.4 is 5.32 Å². The summed E-state index contributed by atoms with van der Waals surface area (Å²) in [6.45, 7) is 3.95. The number of nitrogens with one attached hydrogen (secondary N) is 1. The van der Waals surface area contributed by atoms with Crippen LogP contribution in [0.3, 0.4) is 0 Å². The van der Waals surface area contributed by atoms with E-state index in [-0.39, 0.29) is 24.1 Å². The van der Waals surface area contributed by atoms with Crippen molar-refractivity contribution >= 4 is 40.1 Å². The molecule has 2 heterocycles. The maximum Gasteiger partial charge on any atom is 0.311 e. The molecular weight excluding hydrogens is 398 g/mol. The predicted molar refractivity (Wildman–Crippen MR) is 108 cm³/mol. The lowest BCUT2D eigenvalue weighted by Gasteiger charge is -2.07. The van der Waals surface area contributed by atoms with Crippen LogP contribution in [-0.2, 0) is 20.7 Å². The first kappa shape index (κ1) is 20.0. The highest BCUT2D eigenvalue weighted by Gasteiger charge is 2.14. The summed E-state index contributed by atoms with van der Waals surface area (Å²) in [6.07, 6.45) is 0.0917. The molecule has 0 bridgehead atoms. The lowest BCUT2D eigenvalue weighted by atomic mass is 10.3. The number of carbonyl (C=O) groups is 2. The highest BCUT2D eigenvalue weighted by Crippen LogP contribution is 2.22. The number of benzene rings is 1. The zero-order valence-corrected chi connectivity index (χ0v) is 17.0. The SMILES string of the molecule is CCOC(=O)Cc1csc(NC(=O)CSc2nnc(C)n2-c2ccccc2)n1. The first-order valence-electron chi connectivity index (χ1n) is 8.57. The van der Waals surface area contributed by atoms with E-state index in [1.54, 1.807) is 12.3 Å². The highest BCUT2D eigenvalue weighted by atomic mass is 32.2. The van der Waals surface area contributed by atoms with Gasteiger partial charge in [-0.1, -0.05) is 30.0 Å². The molecule has 0 aliphatic heterocycles. The van der Waals surface area contributed by atoms with Gasteiger partial charge in [-0.3, -0.25) is 14.2 Å². The van der Waals surface area contributed by atoms with Gasteiger partial charge in [0.15, 0.2) is 10.3 Å². The van der Waals surface area contributed by atoms with E-state index in [0.29, 0.717) is 22.6 Å². The number of aryl methyl sites for hydroxylation is 1. The second-order valence-corrected chi connectivity index (χ2v) is 7.46. The molecule has 2 aromatic heterocycles. The number of aromatic nitrogens is 4. The van der Waals surface area contributed by atoms with E-state index >= 15 is 0 Å². The number of hydrogen-bond donors (Lipinski definition) is 1. The van der Waals surface area contributed by atoms with Crippen LogP contribution in [-0.4, -0.2) is 44.0 Å². The van der Waals surface area contributed by atoms with Gasteiger partial charge in [0.2, 0.25) is 5.91 Å². The highest BCUT2D eigenvalue weighted by molar-refractivity contribution is 7.99. The minimum atomic E-state index is -0.336. The average molecular weight is 418 g/mol. The van der Waals surface area contributed by atoms with Gasteiger partial charge in [-0.05, 0) is 26.0 Å². The molecule has 0 saturated heterocycles. The Kier molecular flexibility index (Phi) is 6.77. The third-order valence-electron chi connectivity index (χ3n) is 3.57. The topological polar surface area (TPSA) is 99.0 Å². The summed E-state index contributed by atoms with van der Waals surface area (Å²) in [7, 11) is 0. The Morgan fingerprint density at radius 3 is 2.79 bits per heavy atom. The van der Waals surface area contributed by atoms with Crippen molar-refractivity contribution in [3.63, 3.8) is 0 Å². The summed E-state index contributed by atoms with van der Waals surface area (Å²) in [4.78, 5) is 28.0. The molecule has 28 heavy (non-hydrogen) atoms. The molecule has 0 unspecified atom stereocenters. The lowest BCUT2D eigenvalue weighted by Crippen LogP contribution is -2.15. The van der Waals surface area contributed by atoms with Crippen molar-refractivity contribution in [2.24, 2.45) is 0 Å². The van der Waals surface area contributed by atoms with Crippen molar-refractivity contribution in [2.45, 2.75) is 25.4 Å². The molecule has 0 atom stereocenters. The Morgan fingerprint density at radius 2 is 2.04 bits per heavy atom. The van der Waals surface area contributed by atoms with Crippen molar-refractivity contribution in [2.75, 3.05) is 17.7 Å². The predicted octanol–water partition coefficient (Wildman–Crippen LogP) is 2.87. The van der Waals surface area contributed by atoms with Gasteiger partial charge < -0.3 is 10.1 Å². The fourth-order valence-electron chi connectivity index (χ4n) is 2.40. The van der Waals surface area contributed by atoms with E-state index in [1.165, 1.54) is 23.1 Å². The van der Waals surface area contributed by atoms with Gasteiger partial charge in [-0.2, -0.15) is 0 Å². The van der Waals surface area contributed by atoms with E-state index in [4.69, 9.17) is 4.74 Å². The Labute approximate surface area is 170 Å². The van der Waals surface area contributed by atoms with Crippen LogP contribution in [0.1, 0.15) is 18.4 Å². The number of para-hydroxylation sites is 1. The number of esters is 1. The number of nitrogens with zero attached hydrogens (tertiary/aromatic N) is 4. The van der Waals surface area contributed by atoms with Gasteiger partial charge >= 0.3 is 5.97 Å².